The van der Waals surface area contributed by atoms with Crippen LogP contribution in [-0.4, -0.2) is 5.78 Å². The molecule has 1 aliphatic rings. The van der Waals surface area contributed by atoms with Crippen LogP contribution in [0.5, 0.6) is 11.5 Å². The normalized spacial score (nSPS) is 14.1. The molecule has 0 bridgehead atoms. The first-order valence-corrected chi connectivity index (χ1v) is 10.4. The molecule has 0 atom stereocenters. The van der Waals surface area contributed by atoms with Crippen molar-refractivity contribution in [3.8, 4) is 11.5 Å². The smallest absolute Gasteiger partial charge is 0.232 e. The average molecular weight is 490 g/mol. The minimum absolute atomic E-state index is 0.134. The van der Waals surface area contributed by atoms with Crippen molar-refractivity contribution in [3.63, 3.8) is 0 Å². The zero-order chi connectivity index (χ0) is 20.5. The van der Waals surface area contributed by atoms with Gasteiger partial charge in [-0.1, -0.05) is 57.3 Å². The Labute approximate surface area is 187 Å². The molecular weight excluding hydrogens is 475 g/mol. The molecule has 3 aromatic carbocycles. The zero-order valence-corrected chi connectivity index (χ0v) is 18.4. The van der Waals surface area contributed by atoms with Crippen LogP contribution in [0.3, 0.4) is 0 Å². The quantitative estimate of drug-likeness (QED) is 0.362. The number of hydrogen-bond donors (Lipinski definition) is 0. The van der Waals surface area contributed by atoms with Crippen molar-refractivity contribution >= 4 is 51.0 Å². The Bertz CT molecular complexity index is 1150. The molecule has 3 aromatic rings. The van der Waals surface area contributed by atoms with Crippen LogP contribution in [-0.2, 0) is 6.61 Å². The lowest BCUT2D eigenvalue weighted by molar-refractivity contribution is 0.101. The zero-order valence-electron chi connectivity index (χ0n) is 15.3. The maximum absolute atomic E-state index is 12.8. The molecule has 1 aliphatic heterocycles. The molecule has 0 saturated heterocycles. The topological polar surface area (TPSA) is 35.5 Å². The molecule has 3 nitrogen and oxygen atoms in total. The maximum Gasteiger partial charge on any atom is 0.232 e. The Morgan fingerprint density at radius 1 is 1.10 bits per heavy atom. The summed E-state index contributed by atoms with van der Waals surface area (Å²) in [4.78, 5) is 12.8. The largest absolute Gasteiger partial charge is 0.489 e. The van der Waals surface area contributed by atoms with Gasteiger partial charge in [0.2, 0.25) is 5.78 Å². The lowest BCUT2D eigenvalue weighted by atomic mass is 10.0. The van der Waals surface area contributed by atoms with Crippen molar-refractivity contribution in [1.82, 2.24) is 0 Å². The highest BCUT2D eigenvalue weighted by molar-refractivity contribution is 9.10. The van der Waals surface area contributed by atoms with Crippen LogP contribution in [0.1, 0.15) is 27.0 Å². The lowest BCUT2D eigenvalue weighted by Gasteiger charge is -2.10. The Morgan fingerprint density at radius 3 is 2.69 bits per heavy atom. The monoisotopic (exact) mass is 488 g/mol. The molecule has 6 heteroatoms. The number of carbonyl (C=O) groups is 1. The van der Waals surface area contributed by atoms with Gasteiger partial charge in [-0.15, -0.1) is 0 Å². The first kappa shape index (κ1) is 20.0. The van der Waals surface area contributed by atoms with Crippen LogP contribution >= 0.6 is 39.1 Å². The summed E-state index contributed by atoms with van der Waals surface area (Å²) >= 11 is 15.6. The Hall–Kier alpha value is -2.27. The van der Waals surface area contributed by atoms with Crippen LogP contribution in [0.2, 0.25) is 10.0 Å². The van der Waals surface area contributed by atoms with Gasteiger partial charge in [0.1, 0.15) is 18.1 Å². The fourth-order valence-electron chi connectivity index (χ4n) is 3.11. The summed E-state index contributed by atoms with van der Waals surface area (Å²) in [6, 6.07) is 16.5. The highest BCUT2D eigenvalue weighted by Crippen LogP contribution is 2.38. The molecule has 0 aliphatic carbocycles. The van der Waals surface area contributed by atoms with E-state index in [4.69, 9.17) is 32.7 Å². The molecule has 0 fully saturated rings. The molecule has 0 saturated carbocycles. The van der Waals surface area contributed by atoms with Crippen molar-refractivity contribution in [3.05, 3.63) is 97.1 Å². The third-order valence-corrected chi connectivity index (χ3v) is 5.58. The van der Waals surface area contributed by atoms with Crippen molar-refractivity contribution in [2.24, 2.45) is 0 Å². The van der Waals surface area contributed by atoms with Crippen LogP contribution in [0.4, 0.5) is 0 Å². The molecule has 0 aromatic heterocycles. The van der Waals surface area contributed by atoms with Gasteiger partial charge in [-0.25, -0.2) is 0 Å². The molecule has 1 heterocycles. The highest BCUT2D eigenvalue weighted by Gasteiger charge is 2.30. The molecule has 29 heavy (non-hydrogen) atoms. The van der Waals surface area contributed by atoms with E-state index < -0.39 is 0 Å². The van der Waals surface area contributed by atoms with E-state index in [9.17, 15) is 4.79 Å². The van der Waals surface area contributed by atoms with Gasteiger partial charge < -0.3 is 9.47 Å². The number of aryl methyl sites for hydroxylation is 1. The van der Waals surface area contributed by atoms with Gasteiger partial charge in [-0.05, 0) is 54.5 Å². The lowest BCUT2D eigenvalue weighted by Crippen LogP contribution is -2.00. The van der Waals surface area contributed by atoms with Gasteiger partial charge >= 0.3 is 0 Å². The van der Waals surface area contributed by atoms with Crippen molar-refractivity contribution in [2.75, 3.05) is 0 Å². The summed E-state index contributed by atoms with van der Waals surface area (Å²) in [6.45, 7) is 2.15. The number of ketones is 1. The minimum Gasteiger partial charge on any atom is -0.489 e. The number of benzene rings is 3. The SMILES string of the molecule is Cc1cc(OCc2ccc(Cl)cc2Cl)cc2c1C(=O)/C(=C/c1cccc(Br)c1)O2. The van der Waals surface area contributed by atoms with Crippen molar-refractivity contribution in [2.45, 2.75) is 13.5 Å². The Balaban J connectivity index is 1.57. The number of Topliss-reactive ketones (excluding diaryl/α,β-unsaturated/α-hetero) is 1. The number of ether oxygens (including phenoxy) is 2. The van der Waals surface area contributed by atoms with Crippen LogP contribution < -0.4 is 9.47 Å². The highest BCUT2D eigenvalue weighted by atomic mass is 79.9. The van der Waals surface area contributed by atoms with Crippen molar-refractivity contribution < 1.29 is 14.3 Å². The molecule has 0 spiro atoms. The van der Waals surface area contributed by atoms with Crippen LogP contribution in [0.25, 0.3) is 6.08 Å². The number of carbonyl (C=O) groups excluding carboxylic acids is 1. The standard InChI is InChI=1S/C23H15BrCl2O3/c1-13-7-18(28-12-15-5-6-17(25)10-19(15)26)11-20-22(13)23(27)21(29-20)9-14-3-2-4-16(24)8-14/h2-11H,12H2,1H3/b21-9-. The fourth-order valence-corrected chi connectivity index (χ4v) is 3.99. The molecule has 4 rings (SSSR count). The van der Waals surface area contributed by atoms with E-state index in [1.165, 1.54) is 0 Å². The molecular formula is C23H15BrCl2O3. The molecule has 0 amide bonds. The third-order valence-electron chi connectivity index (χ3n) is 4.50. The van der Waals surface area contributed by atoms with Gasteiger partial charge in [0, 0.05) is 26.1 Å². The second kappa shape index (κ2) is 8.23. The third kappa shape index (κ3) is 4.35. The van der Waals surface area contributed by atoms with E-state index in [1.807, 2.05) is 43.3 Å². The number of halogens is 3. The molecule has 146 valence electrons. The van der Waals surface area contributed by atoms with Crippen LogP contribution in [0, 0.1) is 6.92 Å². The fraction of sp³-hybridized carbons (Fsp3) is 0.0870. The summed E-state index contributed by atoms with van der Waals surface area (Å²) in [6.07, 6.45) is 1.74. The Morgan fingerprint density at radius 2 is 1.93 bits per heavy atom. The van der Waals surface area contributed by atoms with E-state index in [-0.39, 0.29) is 12.4 Å². The van der Waals surface area contributed by atoms with Gasteiger partial charge in [0.25, 0.3) is 0 Å². The number of fused-ring (bicyclic) bond motifs is 1. The summed E-state index contributed by atoms with van der Waals surface area (Å²) in [5.41, 5.74) is 3.05. The predicted octanol–water partition coefficient (Wildman–Crippen LogP) is 7.26. The van der Waals surface area contributed by atoms with E-state index in [2.05, 4.69) is 15.9 Å². The van der Waals surface area contributed by atoms with Gasteiger partial charge in [-0.3, -0.25) is 4.79 Å². The number of allylic oxidation sites excluding steroid dienone is 1. The second-order valence-corrected chi connectivity index (χ2v) is 8.39. The number of rotatable bonds is 4. The molecule has 0 unspecified atom stereocenters. The van der Waals surface area contributed by atoms with Gasteiger partial charge in [0.15, 0.2) is 5.76 Å². The molecule has 0 N–H and O–H groups in total. The van der Waals surface area contributed by atoms with Crippen molar-refractivity contribution in [1.29, 1.82) is 0 Å². The Kier molecular flexibility index (Phi) is 5.68. The first-order valence-electron chi connectivity index (χ1n) is 8.82. The predicted molar refractivity (Wildman–Crippen MR) is 119 cm³/mol. The first-order chi connectivity index (χ1) is 13.9. The summed E-state index contributed by atoms with van der Waals surface area (Å²) in [7, 11) is 0. The van der Waals surface area contributed by atoms with Gasteiger partial charge in [0.05, 0.1) is 5.56 Å². The van der Waals surface area contributed by atoms with E-state index in [1.54, 1.807) is 24.3 Å². The second-order valence-electron chi connectivity index (χ2n) is 6.63. The number of hydrogen-bond acceptors (Lipinski definition) is 3. The minimum atomic E-state index is -0.134. The van der Waals surface area contributed by atoms with E-state index in [0.29, 0.717) is 32.9 Å². The summed E-state index contributed by atoms with van der Waals surface area (Å²) < 4.78 is 12.7. The van der Waals surface area contributed by atoms with Gasteiger partial charge in [-0.2, -0.15) is 0 Å². The van der Waals surface area contributed by atoms with Crippen LogP contribution in [0.15, 0.2) is 64.8 Å². The van der Waals surface area contributed by atoms with E-state index in [0.717, 1.165) is 21.2 Å². The summed E-state index contributed by atoms with van der Waals surface area (Å²) in [5.74, 6) is 1.25. The summed E-state index contributed by atoms with van der Waals surface area (Å²) in [5, 5.41) is 1.12. The maximum atomic E-state index is 12.8. The molecule has 0 radical (unpaired) electrons. The van der Waals surface area contributed by atoms with E-state index >= 15 is 0 Å². The average Bonchev–Trinajstić information content (AvgIpc) is 2.97.